The maximum absolute atomic E-state index is 13.4. The minimum absolute atomic E-state index is 0.120. The monoisotopic (exact) mass is 404 g/mol. The number of amides is 1. The molecule has 2 aromatic rings. The normalized spacial score (nSPS) is 28.0. The van der Waals surface area contributed by atoms with Crippen molar-refractivity contribution < 1.29 is 4.79 Å². The zero-order chi connectivity index (χ0) is 20.5. The van der Waals surface area contributed by atoms with Crippen LogP contribution in [0, 0.1) is 11.8 Å². The second-order valence-electron chi connectivity index (χ2n) is 9.10. The van der Waals surface area contributed by atoms with Crippen molar-refractivity contribution in [3.8, 4) is 0 Å². The highest BCUT2D eigenvalue weighted by atomic mass is 16.2. The molecule has 3 fully saturated rings. The van der Waals surface area contributed by atoms with Gasteiger partial charge in [-0.3, -0.25) is 14.7 Å². The molecule has 1 aromatic carbocycles. The second-order valence-corrected chi connectivity index (χ2v) is 9.10. The summed E-state index contributed by atoms with van der Waals surface area (Å²) in [5.41, 5.74) is 1.96. The lowest BCUT2D eigenvalue weighted by Crippen LogP contribution is -2.45. The van der Waals surface area contributed by atoms with Gasteiger partial charge in [-0.2, -0.15) is 0 Å². The van der Waals surface area contributed by atoms with Gasteiger partial charge in [0.2, 0.25) is 0 Å². The smallest absolute Gasteiger partial charge is 0.255 e. The van der Waals surface area contributed by atoms with Gasteiger partial charge in [-0.05, 0) is 56.1 Å². The molecule has 1 amide bonds. The molecule has 0 aliphatic carbocycles. The molecule has 3 aliphatic rings. The van der Waals surface area contributed by atoms with Crippen LogP contribution in [0.4, 0.5) is 0 Å². The van der Waals surface area contributed by atoms with Crippen molar-refractivity contribution in [3.05, 3.63) is 66.0 Å². The van der Waals surface area contributed by atoms with Gasteiger partial charge in [0.05, 0.1) is 11.6 Å². The number of rotatable bonds is 4. The van der Waals surface area contributed by atoms with Gasteiger partial charge in [-0.1, -0.05) is 37.3 Å². The van der Waals surface area contributed by atoms with Gasteiger partial charge < -0.3 is 9.80 Å². The topological polar surface area (TPSA) is 39.7 Å². The van der Waals surface area contributed by atoms with E-state index in [0.717, 1.165) is 19.6 Å². The molecule has 0 spiro atoms. The molecule has 5 rings (SSSR count). The van der Waals surface area contributed by atoms with Crippen molar-refractivity contribution in [1.82, 2.24) is 19.7 Å². The van der Waals surface area contributed by atoms with Crippen molar-refractivity contribution >= 4 is 5.91 Å². The molecule has 5 heteroatoms. The summed E-state index contributed by atoms with van der Waals surface area (Å²) in [7, 11) is 0. The molecule has 3 atom stereocenters. The molecule has 4 heterocycles. The van der Waals surface area contributed by atoms with E-state index in [1.54, 1.807) is 12.4 Å². The molecule has 0 bridgehead atoms. The van der Waals surface area contributed by atoms with E-state index in [-0.39, 0.29) is 11.9 Å². The predicted octanol–water partition coefficient (Wildman–Crippen LogP) is 3.31. The van der Waals surface area contributed by atoms with E-state index in [1.807, 2.05) is 12.1 Å². The maximum atomic E-state index is 13.4. The summed E-state index contributed by atoms with van der Waals surface area (Å²) in [6.45, 7) is 8.96. The molecule has 0 radical (unpaired) electrons. The lowest BCUT2D eigenvalue weighted by Gasteiger charge is -2.37. The third-order valence-corrected chi connectivity index (χ3v) is 7.52. The first-order valence-electron chi connectivity index (χ1n) is 11.5. The average Bonchev–Trinajstić information content (AvgIpc) is 3.38. The lowest BCUT2D eigenvalue weighted by atomic mass is 9.89. The number of pyridine rings is 1. The highest BCUT2D eigenvalue weighted by Crippen LogP contribution is 2.46. The summed E-state index contributed by atoms with van der Waals surface area (Å²) in [6.07, 6.45) is 5.99. The zero-order valence-electron chi connectivity index (χ0n) is 17.9. The fourth-order valence-electron chi connectivity index (χ4n) is 5.92. The number of likely N-dealkylation sites (tertiary alicyclic amines) is 3. The van der Waals surface area contributed by atoms with E-state index < -0.39 is 0 Å². The maximum Gasteiger partial charge on any atom is 0.255 e. The Bertz CT molecular complexity index is 850. The second kappa shape index (κ2) is 8.48. The molecule has 0 saturated carbocycles. The summed E-state index contributed by atoms with van der Waals surface area (Å²) in [6, 6.07) is 15.3. The molecular formula is C25H32N4O. The Morgan fingerprint density at radius 1 is 1.03 bits per heavy atom. The van der Waals surface area contributed by atoms with Crippen molar-refractivity contribution in [2.24, 2.45) is 11.8 Å². The Labute approximate surface area is 179 Å². The van der Waals surface area contributed by atoms with Crippen LogP contribution in [-0.4, -0.2) is 70.9 Å². The van der Waals surface area contributed by atoms with E-state index in [4.69, 9.17) is 0 Å². The first-order valence-corrected chi connectivity index (χ1v) is 11.5. The van der Waals surface area contributed by atoms with Crippen LogP contribution in [-0.2, 0) is 0 Å². The molecule has 30 heavy (non-hydrogen) atoms. The van der Waals surface area contributed by atoms with E-state index in [9.17, 15) is 4.79 Å². The molecule has 1 aromatic heterocycles. The minimum Gasteiger partial charge on any atom is -0.331 e. The quantitative estimate of drug-likeness (QED) is 0.784. The van der Waals surface area contributed by atoms with Crippen LogP contribution in [0.1, 0.15) is 41.7 Å². The van der Waals surface area contributed by atoms with E-state index in [1.165, 1.54) is 38.0 Å². The number of carbonyl (C=O) groups is 1. The summed E-state index contributed by atoms with van der Waals surface area (Å²) in [4.78, 5) is 25.0. The highest BCUT2D eigenvalue weighted by molar-refractivity contribution is 5.94. The molecule has 0 unspecified atom stereocenters. The van der Waals surface area contributed by atoms with Gasteiger partial charge in [0.25, 0.3) is 5.91 Å². The standard InChI is InChI=1S/C25H32N4O/c1-2-27-13-10-22(11-14-27)28-16-21-17-29(25(30)20-9-6-12-26-15-20)24(23(21)18-28)19-7-4-3-5-8-19/h3-9,12,15,21-24H,2,10-11,13-14,16-18H2,1H3/t21-,23-,24+/m0/s1. The molecule has 0 N–H and O–H groups in total. The Hall–Kier alpha value is -2.24. The van der Waals surface area contributed by atoms with Crippen molar-refractivity contribution in [1.29, 1.82) is 0 Å². The van der Waals surface area contributed by atoms with Crippen LogP contribution in [0.5, 0.6) is 0 Å². The first kappa shape index (κ1) is 19.7. The molecule has 5 nitrogen and oxygen atoms in total. The van der Waals surface area contributed by atoms with E-state index in [0.29, 0.717) is 23.4 Å². The van der Waals surface area contributed by atoms with Gasteiger partial charge in [0.15, 0.2) is 0 Å². The Kier molecular flexibility index (Phi) is 5.57. The van der Waals surface area contributed by atoms with Gasteiger partial charge in [0, 0.05) is 44.0 Å². The lowest BCUT2D eigenvalue weighted by molar-refractivity contribution is 0.0675. The van der Waals surface area contributed by atoms with Crippen molar-refractivity contribution in [2.75, 3.05) is 39.3 Å². The van der Waals surface area contributed by atoms with E-state index in [2.05, 4.69) is 56.9 Å². The van der Waals surface area contributed by atoms with Crippen LogP contribution < -0.4 is 0 Å². The summed E-state index contributed by atoms with van der Waals surface area (Å²) in [5.74, 6) is 1.19. The van der Waals surface area contributed by atoms with Crippen LogP contribution in [0.25, 0.3) is 0 Å². The number of nitrogens with zero attached hydrogens (tertiary/aromatic N) is 4. The Morgan fingerprint density at radius 2 is 1.83 bits per heavy atom. The molecular weight excluding hydrogens is 372 g/mol. The largest absolute Gasteiger partial charge is 0.331 e. The first-order chi connectivity index (χ1) is 14.7. The summed E-state index contributed by atoms with van der Waals surface area (Å²) >= 11 is 0. The van der Waals surface area contributed by atoms with Crippen LogP contribution in [0.15, 0.2) is 54.9 Å². The Morgan fingerprint density at radius 3 is 2.53 bits per heavy atom. The van der Waals surface area contributed by atoms with Gasteiger partial charge >= 0.3 is 0 Å². The van der Waals surface area contributed by atoms with Gasteiger partial charge in [0.1, 0.15) is 0 Å². The summed E-state index contributed by atoms with van der Waals surface area (Å²) < 4.78 is 0. The van der Waals surface area contributed by atoms with Gasteiger partial charge in [-0.25, -0.2) is 0 Å². The molecule has 3 saturated heterocycles. The van der Waals surface area contributed by atoms with Crippen molar-refractivity contribution in [3.63, 3.8) is 0 Å². The third-order valence-electron chi connectivity index (χ3n) is 7.52. The number of hydrogen-bond acceptors (Lipinski definition) is 4. The predicted molar refractivity (Wildman–Crippen MR) is 118 cm³/mol. The number of hydrogen-bond donors (Lipinski definition) is 0. The number of piperidine rings is 1. The SMILES string of the molecule is CCN1CCC(N2C[C@H]3CN(C(=O)c4cccnc4)[C@H](c4ccccc4)[C@H]3C2)CC1. The Balaban J connectivity index is 1.36. The van der Waals surface area contributed by atoms with E-state index >= 15 is 0 Å². The van der Waals surface area contributed by atoms with Crippen LogP contribution in [0.2, 0.25) is 0 Å². The summed E-state index contributed by atoms with van der Waals surface area (Å²) in [5, 5.41) is 0. The highest BCUT2D eigenvalue weighted by Gasteiger charge is 2.50. The van der Waals surface area contributed by atoms with Crippen LogP contribution >= 0.6 is 0 Å². The molecule has 158 valence electrons. The fourth-order valence-corrected chi connectivity index (χ4v) is 5.92. The minimum atomic E-state index is 0.120. The zero-order valence-corrected chi connectivity index (χ0v) is 17.9. The number of benzene rings is 1. The third kappa shape index (κ3) is 3.65. The molecule has 3 aliphatic heterocycles. The van der Waals surface area contributed by atoms with Gasteiger partial charge in [-0.15, -0.1) is 0 Å². The number of fused-ring (bicyclic) bond motifs is 1. The number of carbonyl (C=O) groups excluding carboxylic acids is 1. The average molecular weight is 405 g/mol. The number of aromatic nitrogens is 1. The fraction of sp³-hybridized carbons (Fsp3) is 0.520. The van der Waals surface area contributed by atoms with Crippen LogP contribution in [0.3, 0.4) is 0 Å². The van der Waals surface area contributed by atoms with Crippen molar-refractivity contribution in [2.45, 2.75) is 31.8 Å².